The van der Waals surface area contributed by atoms with Crippen LogP contribution >= 0.6 is 0 Å². The van der Waals surface area contributed by atoms with Crippen molar-refractivity contribution >= 4 is 28.7 Å². The SMILES string of the molecule is O=C(Cc1cc(O)c(O)c(O)c1)O[C@H]1[C@@H](O)C[C@@](O)(C(=O)Oc2cccc3ccccc23)C[C@H]1OC(=O)Cc1cc(O)c(O)c(O)c1. The lowest BCUT2D eigenvalue weighted by atomic mass is 9.79. The van der Waals surface area contributed by atoms with Crippen molar-refractivity contribution in [1.29, 1.82) is 0 Å². The highest BCUT2D eigenvalue weighted by Crippen LogP contribution is 2.38. The molecule has 1 fully saturated rings. The molecule has 14 nitrogen and oxygen atoms in total. The third kappa shape index (κ3) is 7.08. The summed E-state index contributed by atoms with van der Waals surface area (Å²) in [6.45, 7) is 0. The van der Waals surface area contributed by atoms with Crippen molar-refractivity contribution in [2.75, 3.05) is 0 Å². The number of phenols is 6. The first-order valence-corrected chi connectivity index (χ1v) is 14.2. The first-order chi connectivity index (χ1) is 22.2. The molecule has 5 rings (SSSR count). The van der Waals surface area contributed by atoms with Gasteiger partial charge in [-0.2, -0.15) is 0 Å². The highest BCUT2D eigenvalue weighted by molar-refractivity contribution is 5.92. The molecule has 0 spiro atoms. The summed E-state index contributed by atoms with van der Waals surface area (Å²) >= 11 is 0. The first kappa shape index (κ1) is 32.7. The monoisotopic (exact) mass is 650 g/mol. The Hall–Kier alpha value is -5.73. The largest absolute Gasteiger partial charge is 0.504 e. The quantitative estimate of drug-likeness (QED) is 0.0775. The highest BCUT2D eigenvalue weighted by Gasteiger charge is 2.53. The molecule has 1 aliphatic carbocycles. The van der Waals surface area contributed by atoms with E-state index in [0.717, 1.165) is 29.7 Å². The molecule has 4 aromatic carbocycles. The zero-order valence-corrected chi connectivity index (χ0v) is 24.4. The van der Waals surface area contributed by atoms with E-state index >= 15 is 0 Å². The highest BCUT2D eigenvalue weighted by atomic mass is 16.6. The number of aliphatic hydroxyl groups is 2. The normalized spacial score (nSPS) is 20.8. The second kappa shape index (κ2) is 12.9. The van der Waals surface area contributed by atoms with E-state index in [-0.39, 0.29) is 16.9 Å². The smallest absolute Gasteiger partial charge is 0.343 e. The number of hydrogen-bond donors (Lipinski definition) is 8. The van der Waals surface area contributed by atoms with Crippen molar-refractivity contribution in [3.05, 3.63) is 77.9 Å². The van der Waals surface area contributed by atoms with Crippen LogP contribution in [0.4, 0.5) is 0 Å². The fourth-order valence-electron chi connectivity index (χ4n) is 5.41. The number of carbonyl (C=O) groups excluding carboxylic acids is 3. The van der Waals surface area contributed by atoms with Crippen LogP contribution in [0.15, 0.2) is 66.7 Å². The molecule has 0 heterocycles. The third-order valence-corrected chi connectivity index (χ3v) is 7.67. The van der Waals surface area contributed by atoms with Crippen LogP contribution in [0.5, 0.6) is 40.2 Å². The first-order valence-electron chi connectivity index (χ1n) is 14.2. The van der Waals surface area contributed by atoms with E-state index in [1.54, 1.807) is 36.4 Å². The third-order valence-electron chi connectivity index (χ3n) is 7.67. The van der Waals surface area contributed by atoms with Crippen LogP contribution in [0.1, 0.15) is 24.0 Å². The van der Waals surface area contributed by atoms with Crippen LogP contribution in [-0.2, 0) is 36.7 Å². The molecule has 0 saturated heterocycles. The average molecular weight is 651 g/mol. The molecule has 0 aromatic heterocycles. The molecule has 4 atom stereocenters. The van der Waals surface area contributed by atoms with Gasteiger partial charge in [-0.05, 0) is 46.8 Å². The second-order valence-corrected chi connectivity index (χ2v) is 11.2. The van der Waals surface area contributed by atoms with Crippen LogP contribution in [0.2, 0.25) is 0 Å². The van der Waals surface area contributed by atoms with Gasteiger partial charge in [0.25, 0.3) is 0 Å². The van der Waals surface area contributed by atoms with Crippen LogP contribution < -0.4 is 4.74 Å². The molecule has 14 heteroatoms. The lowest BCUT2D eigenvalue weighted by Gasteiger charge is -2.41. The molecule has 0 unspecified atom stereocenters. The Bertz CT molecular complexity index is 1800. The van der Waals surface area contributed by atoms with E-state index < -0.39 is 102 Å². The van der Waals surface area contributed by atoms with Gasteiger partial charge in [0.2, 0.25) is 0 Å². The minimum absolute atomic E-state index is 0.00488. The molecule has 0 radical (unpaired) electrons. The molecule has 4 aromatic rings. The molecule has 0 amide bonds. The Balaban J connectivity index is 1.38. The lowest BCUT2D eigenvalue weighted by molar-refractivity contribution is -0.206. The predicted octanol–water partition coefficient (Wildman–Crippen LogP) is 2.17. The molecule has 47 heavy (non-hydrogen) atoms. The van der Waals surface area contributed by atoms with Crippen molar-refractivity contribution in [3.63, 3.8) is 0 Å². The Morgan fingerprint density at radius 1 is 0.702 bits per heavy atom. The number of esters is 3. The van der Waals surface area contributed by atoms with Crippen molar-refractivity contribution in [1.82, 2.24) is 0 Å². The average Bonchev–Trinajstić information content (AvgIpc) is 3.00. The van der Waals surface area contributed by atoms with Crippen LogP contribution in [0, 0.1) is 0 Å². The van der Waals surface area contributed by atoms with E-state index in [0.29, 0.717) is 5.39 Å². The zero-order valence-electron chi connectivity index (χ0n) is 24.4. The Morgan fingerprint density at radius 2 is 1.21 bits per heavy atom. The maximum atomic E-state index is 13.4. The summed E-state index contributed by atoms with van der Waals surface area (Å²) in [7, 11) is 0. The number of fused-ring (bicyclic) bond motifs is 1. The molecular formula is C33H30O14. The summed E-state index contributed by atoms with van der Waals surface area (Å²) in [6, 6.07) is 15.9. The molecule has 0 aliphatic heterocycles. The summed E-state index contributed by atoms with van der Waals surface area (Å²) < 4.78 is 16.4. The van der Waals surface area contributed by atoms with Gasteiger partial charge in [-0.1, -0.05) is 36.4 Å². The standard InChI is InChI=1S/C33H30O14/c34-20-8-16(9-21(35)29(20)41)12-27(39)45-26-15-33(44,32(43)46-25-7-3-5-18-4-1-2-6-19(18)25)14-24(38)31(26)47-28(40)13-17-10-22(36)30(42)23(37)11-17/h1-11,24,26,31,34-38,41-42,44H,12-15H2/t24-,26+,31-,33-/m0/s1. The number of phenolic OH excluding ortho intramolecular Hbond substituents is 6. The number of aromatic hydroxyl groups is 6. The van der Waals surface area contributed by atoms with Crippen LogP contribution in [0.3, 0.4) is 0 Å². The minimum atomic E-state index is -2.44. The number of ether oxygens (including phenoxy) is 3. The van der Waals surface area contributed by atoms with Gasteiger partial charge in [-0.3, -0.25) is 9.59 Å². The van der Waals surface area contributed by atoms with Crippen LogP contribution in [0.25, 0.3) is 10.8 Å². The van der Waals surface area contributed by atoms with E-state index in [9.17, 15) is 55.2 Å². The van der Waals surface area contributed by atoms with Gasteiger partial charge < -0.3 is 55.1 Å². The van der Waals surface area contributed by atoms with Gasteiger partial charge in [0.15, 0.2) is 46.2 Å². The number of carbonyl (C=O) groups is 3. The minimum Gasteiger partial charge on any atom is -0.504 e. The second-order valence-electron chi connectivity index (χ2n) is 11.2. The van der Waals surface area contributed by atoms with E-state index in [2.05, 4.69) is 0 Å². The van der Waals surface area contributed by atoms with Gasteiger partial charge in [-0.15, -0.1) is 0 Å². The maximum absolute atomic E-state index is 13.4. The number of benzene rings is 4. The van der Waals surface area contributed by atoms with Crippen molar-refractivity contribution in [3.8, 4) is 40.2 Å². The molecule has 246 valence electrons. The number of hydrogen-bond acceptors (Lipinski definition) is 14. The van der Waals surface area contributed by atoms with E-state index in [1.807, 2.05) is 0 Å². The zero-order chi connectivity index (χ0) is 34.0. The molecule has 8 N–H and O–H groups in total. The van der Waals surface area contributed by atoms with E-state index in [4.69, 9.17) is 14.2 Å². The van der Waals surface area contributed by atoms with Gasteiger partial charge >= 0.3 is 17.9 Å². The summed E-state index contributed by atoms with van der Waals surface area (Å²) in [5.74, 6) is -7.61. The molecule has 1 aliphatic rings. The molecule has 1 saturated carbocycles. The van der Waals surface area contributed by atoms with Crippen molar-refractivity contribution in [2.45, 2.75) is 49.6 Å². The lowest BCUT2D eigenvalue weighted by Crippen LogP contribution is -2.59. The predicted molar refractivity (Wildman–Crippen MR) is 160 cm³/mol. The van der Waals surface area contributed by atoms with E-state index in [1.165, 1.54) is 6.07 Å². The number of rotatable bonds is 8. The van der Waals surface area contributed by atoms with Gasteiger partial charge in [0, 0.05) is 18.2 Å². The summed E-state index contributed by atoms with van der Waals surface area (Å²) in [4.78, 5) is 39.3. The number of aliphatic hydroxyl groups excluding tert-OH is 1. The molecular weight excluding hydrogens is 620 g/mol. The topological polar surface area (TPSA) is 241 Å². The van der Waals surface area contributed by atoms with Gasteiger partial charge in [0.1, 0.15) is 11.9 Å². The molecule has 0 bridgehead atoms. The summed E-state index contributed by atoms with van der Waals surface area (Å²) in [5, 5.41) is 82.1. The Kier molecular flexibility index (Phi) is 8.99. The summed E-state index contributed by atoms with van der Waals surface area (Å²) in [6.07, 6.45) is -7.60. The van der Waals surface area contributed by atoms with Crippen LogP contribution in [-0.4, -0.2) is 82.7 Å². The fourth-order valence-corrected chi connectivity index (χ4v) is 5.41. The Morgan fingerprint density at radius 3 is 1.79 bits per heavy atom. The van der Waals surface area contributed by atoms with Crippen molar-refractivity contribution < 1.29 is 69.4 Å². The van der Waals surface area contributed by atoms with Gasteiger partial charge in [-0.25, -0.2) is 4.79 Å². The summed E-state index contributed by atoms with van der Waals surface area (Å²) in [5.41, 5.74) is -2.41. The fraction of sp³-hybridized carbons (Fsp3) is 0.242. The Labute approximate surface area is 265 Å². The van der Waals surface area contributed by atoms with Crippen molar-refractivity contribution in [2.24, 2.45) is 0 Å². The van der Waals surface area contributed by atoms with Gasteiger partial charge in [0.05, 0.1) is 18.9 Å². The maximum Gasteiger partial charge on any atom is 0.343 e.